The van der Waals surface area contributed by atoms with Crippen LogP contribution in [0.25, 0.3) is 0 Å². The summed E-state index contributed by atoms with van der Waals surface area (Å²) in [7, 11) is 0. The summed E-state index contributed by atoms with van der Waals surface area (Å²) in [6.07, 6.45) is 7.38. The van der Waals surface area contributed by atoms with E-state index in [0.717, 1.165) is 36.1 Å². The van der Waals surface area contributed by atoms with Crippen molar-refractivity contribution in [3.8, 4) is 0 Å². The van der Waals surface area contributed by atoms with Gasteiger partial charge in [-0.05, 0) is 70.9 Å². The van der Waals surface area contributed by atoms with Crippen molar-refractivity contribution in [2.45, 2.75) is 81.4 Å². The average Bonchev–Trinajstić information content (AvgIpc) is 3.47. The third kappa shape index (κ3) is 4.84. The summed E-state index contributed by atoms with van der Waals surface area (Å²) in [5.41, 5.74) is 2.72. The molecule has 8 heteroatoms. The maximum Gasteiger partial charge on any atom is 0.311 e. The van der Waals surface area contributed by atoms with Gasteiger partial charge in [-0.3, -0.25) is 14.4 Å². The highest BCUT2D eigenvalue weighted by Crippen LogP contribution is 2.71. The summed E-state index contributed by atoms with van der Waals surface area (Å²) < 4.78 is 4.47. The molecular formula is C31H42N2O5S. The number of hydrogen-bond donors (Lipinski definition) is 1. The first-order valence-electron chi connectivity index (χ1n) is 14.0. The normalized spacial score (nSPS) is 29.7. The van der Waals surface area contributed by atoms with E-state index in [2.05, 4.69) is 13.2 Å². The molecule has 1 spiro atoms. The fraction of sp³-hybridized carbons (Fsp3) is 0.581. The first-order valence-corrected chi connectivity index (χ1v) is 14.8. The molecule has 2 unspecified atom stereocenters. The number of aliphatic hydroxyl groups excluding tert-OH is 1. The van der Waals surface area contributed by atoms with Crippen LogP contribution in [0.15, 0.2) is 43.5 Å². The minimum absolute atomic E-state index is 0.196. The van der Waals surface area contributed by atoms with E-state index in [1.54, 1.807) is 34.6 Å². The molecule has 1 aromatic carbocycles. The van der Waals surface area contributed by atoms with Gasteiger partial charge in [0.2, 0.25) is 5.91 Å². The number of hydrogen-bond acceptors (Lipinski definition) is 6. The predicted molar refractivity (Wildman–Crippen MR) is 156 cm³/mol. The maximum atomic E-state index is 14.7. The monoisotopic (exact) mass is 554 g/mol. The molecule has 3 aliphatic rings. The van der Waals surface area contributed by atoms with E-state index >= 15 is 0 Å². The third-order valence-electron chi connectivity index (χ3n) is 8.78. The standard InChI is InChI=1S/C31H42N2O5S/c1-7-9-10-11-18-38-29(37)24-23-27(35)33(22(5)19-34)26(31(23)16-15-30(24,6)39-31)28(36)32(17-8-2)25-20(3)13-12-14-21(25)4/h7-8,12-14,22-24,26,34H,1-2,9-11,15-19H2,3-6H3/t22-,23+,24+,26?,30-,31?/m1/s1. The number of likely N-dealkylation sites (tertiary alicyclic amines) is 1. The van der Waals surface area contributed by atoms with Gasteiger partial charge in [-0.1, -0.05) is 30.4 Å². The molecule has 39 heavy (non-hydrogen) atoms. The van der Waals surface area contributed by atoms with Crippen LogP contribution in [0.5, 0.6) is 0 Å². The SMILES string of the molecule is C=CCCCCOC(=O)[C@@H]1[C@H]2C(=O)N([C@H](C)CO)C(C(=O)N(CC=C)c3c(C)cccc3C)C23CC[C@@]1(C)S3. The van der Waals surface area contributed by atoms with E-state index in [9.17, 15) is 19.5 Å². The lowest BCUT2D eigenvalue weighted by atomic mass is 9.66. The largest absolute Gasteiger partial charge is 0.465 e. The molecule has 0 aliphatic carbocycles. The molecule has 3 aliphatic heterocycles. The molecule has 212 valence electrons. The summed E-state index contributed by atoms with van der Waals surface area (Å²) in [4.78, 5) is 45.7. The minimum atomic E-state index is -0.812. The summed E-state index contributed by atoms with van der Waals surface area (Å²) in [5, 5.41) is 10.2. The maximum absolute atomic E-state index is 14.7. The number of benzene rings is 1. The fourth-order valence-corrected chi connectivity index (χ4v) is 9.34. The Balaban J connectivity index is 1.74. The minimum Gasteiger partial charge on any atom is -0.465 e. The molecule has 3 fully saturated rings. The number of allylic oxidation sites excluding steroid dienone is 1. The van der Waals surface area contributed by atoms with Crippen molar-refractivity contribution in [3.63, 3.8) is 0 Å². The highest BCUT2D eigenvalue weighted by atomic mass is 32.2. The van der Waals surface area contributed by atoms with E-state index in [4.69, 9.17) is 4.74 Å². The summed E-state index contributed by atoms with van der Waals surface area (Å²) in [6, 6.07) is 4.52. The van der Waals surface area contributed by atoms with E-state index in [0.29, 0.717) is 19.4 Å². The molecule has 4 rings (SSSR count). The molecule has 3 saturated heterocycles. The zero-order valence-corrected chi connectivity index (χ0v) is 24.5. The third-order valence-corrected chi connectivity index (χ3v) is 10.8. The van der Waals surface area contributed by atoms with Crippen molar-refractivity contribution in [1.29, 1.82) is 0 Å². The lowest BCUT2D eigenvalue weighted by molar-refractivity contribution is -0.156. The molecule has 1 aromatic rings. The Labute approximate surface area is 236 Å². The number of para-hydroxylation sites is 1. The molecule has 3 heterocycles. The van der Waals surface area contributed by atoms with Crippen LogP contribution < -0.4 is 4.90 Å². The van der Waals surface area contributed by atoms with Gasteiger partial charge in [0.05, 0.1) is 35.8 Å². The Morgan fingerprint density at radius 1 is 1.23 bits per heavy atom. The predicted octanol–water partition coefficient (Wildman–Crippen LogP) is 4.58. The van der Waals surface area contributed by atoms with Crippen molar-refractivity contribution in [2.75, 3.05) is 24.7 Å². The van der Waals surface area contributed by atoms with Gasteiger partial charge in [0.25, 0.3) is 5.91 Å². The highest BCUT2D eigenvalue weighted by molar-refractivity contribution is 8.02. The summed E-state index contributed by atoms with van der Waals surface area (Å²) in [6.45, 7) is 15.7. The number of rotatable bonds is 12. The number of esters is 1. The zero-order valence-electron chi connectivity index (χ0n) is 23.7. The number of nitrogens with zero attached hydrogens (tertiary/aromatic N) is 2. The number of aliphatic hydroxyl groups is 1. The van der Waals surface area contributed by atoms with Crippen LogP contribution in [-0.4, -0.2) is 69.1 Å². The number of carbonyl (C=O) groups is 3. The van der Waals surface area contributed by atoms with Crippen LogP contribution in [-0.2, 0) is 19.1 Å². The highest BCUT2D eigenvalue weighted by Gasteiger charge is 2.78. The summed E-state index contributed by atoms with van der Waals surface area (Å²) in [5.74, 6) is -2.10. The lowest BCUT2D eigenvalue weighted by Gasteiger charge is -2.39. The fourth-order valence-electron chi connectivity index (χ4n) is 7.02. The van der Waals surface area contributed by atoms with Gasteiger partial charge < -0.3 is 19.6 Å². The van der Waals surface area contributed by atoms with Crippen LogP contribution in [0, 0.1) is 25.7 Å². The Morgan fingerprint density at radius 2 is 1.92 bits per heavy atom. The Kier molecular flexibility index (Phi) is 8.67. The zero-order chi connectivity index (χ0) is 28.5. The topological polar surface area (TPSA) is 87.1 Å². The molecule has 0 radical (unpaired) electrons. The molecule has 1 N–H and O–H groups in total. The van der Waals surface area contributed by atoms with Crippen LogP contribution in [0.4, 0.5) is 5.69 Å². The number of ether oxygens (including phenoxy) is 1. The average molecular weight is 555 g/mol. The number of carbonyl (C=O) groups excluding carboxylic acids is 3. The number of aryl methyl sites for hydroxylation is 2. The first-order chi connectivity index (χ1) is 18.6. The first kappa shape index (κ1) is 29.4. The van der Waals surface area contributed by atoms with Gasteiger partial charge in [-0.25, -0.2) is 0 Å². The summed E-state index contributed by atoms with van der Waals surface area (Å²) >= 11 is 1.61. The second-order valence-corrected chi connectivity index (χ2v) is 13.3. The Hall–Kier alpha value is -2.58. The molecular weight excluding hydrogens is 512 g/mol. The molecule has 6 atom stereocenters. The van der Waals surface area contributed by atoms with Gasteiger partial charge in [0, 0.05) is 17.0 Å². The Bertz CT molecular complexity index is 1130. The molecule has 7 nitrogen and oxygen atoms in total. The van der Waals surface area contributed by atoms with Crippen molar-refractivity contribution in [3.05, 3.63) is 54.6 Å². The number of thioether (sulfide) groups is 1. The van der Waals surface area contributed by atoms with Gasteiger partial charge in [0.15, 0.2) is 0 Å². The van der Waals surface area contributed by atoms with Crippen molar-refractivity contribution in [2.24, 2.45) is 11.8 Å². The van der Waals surface area contributed by atoms with Crippen molar-refractivity contribution < 1.29 is 24.2 Å². The molecule has 0 aromatic heterocycles. The number of unbranched alkanes of at least 4 members (excludes halogenated alkanes) is 2. The van der Waals surface area contributed by atoms with Crippen molar-refractivity contribution in [1.82, 2.24) is 4.90 Å². The molecule has 0 saturated carbocycles. The van der Waals surface area contributed by atoms with Gasteiger partial charge >= 0.3 is 5.97 Å². The van der Waals surface area contributed by atoms with Crippen LogP contribution >= 0.6 is 11.8 Å². The Morgan fingerprint density at radius 3 is 2.54 bits per heavy atom. The van der Waals surface area contributed by atoms with Gasteiger partial charge in [-0.2, -0.15) is 0 Å². The van der Waals surface area contributed by atoms with Gasteiger partial charge in [0.1, 0.15) is 6.04 Å². The van der Waals surface area contributed by atoms with Crippen LogP contribution in [0.2, 0.25) is 0 Å². The second kappa shape index (κ2) is 11.5. The quantitative estimate of drug-likeness (QED) is 0.231. The number of amides is 2. The second-order valence-electron chi connectivity index (χ2n) is 11.4. The molecule has 2 amide bonds. The number of anilines is 1. The number of fused-ring (bicyclic) bond motifs is 1. The van der Waals surface area contributed by atoms with Gasteiger partial charge in [-0.15, -0.1) is 24.9 Å². The van der Waals surface area contributed by atoms with Crippen LogP contribution in [0.3, 0.4) is 0 Å². The van der Waals surface area contributed by atoms with Crippen LogP contribution in [0.1, 0.15) is 57.1 Å². The van der Waals surface area contributed by atoms with E-state index in [1.165, 1.54) is 0 Å². The van der Waals surface area contributed by atoms with E-state index in [1.807, 2.05) is 45.0 Å². The van der Waals surface area contributed by atoms with E-state index in [-0.39, 0.29) is 30.9 Å². The lowest BCUT2D eigenvalue weighted by Crippen LogP contribution is -2.57. The van der Waals surface area contributed by atoms with Crippen molar-refractivity contribution >= 4 is 35.2 Å². The molecule has 2 bridgehead atoms. The van der Waals surface area contributed by atoms with E-state index < -0.39 is 33.4 Å². The smallest absolute Gasteiger partial charge is 0.311 e.